The predicted octanol–water partition coefficient (Wildman–Crippen LogP) is 2.87. The Morgan fingerprint density at radius 3 is 2.35 bits per heavy atom. The molecule has 1 aliphatic carbocycles. The molecule has 1 saturated heterocycles. The standard InChI is InChI=1S/C25H29Cl2FN4O4S/c1-37(35,36)32-12-10-31(11-13-32)25(34)22(30-24(33)17-4-7-20(26)21(27)14-17)8-9-29-23-15-19(23)16-2-5-18(28)6-3-16/h2-7,14,19,22-23,29H,8-13,15H2,1H3,(H,30,33)/t19-,22-,23+/m0/s1. The summed E-state index contributed by atoms with van der Waals surface area (Å²) in [5.74, 6) is -0.716. The van der Waals surface area contributed by atoms with Crippen LogP contribution < -0.4 is 10.6 Å². The lowest BCUT2D eigenvalue weighted by atomic mass is 10.1. The Balaban J connectivity index is 1.38. The summed E-state index contributed by atoms with van der Waals surface area (Å²) >= 11 is 12.0. The minimum atomic E-state index is -3.33. The third kappa shape index (κ3) is 7.20. The topological polar surface area (TPSA) is 98.8 Å². The van der Waals surface area contributed by atoms with E-state index in [1.54, 1.807) is 17.0 Å². The molecule has 1 aliphatic heterocycles. The molecule has 0 bridgehead atoms. The number of nitrogens with one attached hydrogen (secondary N) is 2. The molecule has 2 N–H and O–H groups in total. The van der Waals surface area contributed by atoms with E-state index in [-0.39, 0.29) is 60.4 Å². The minimum absolute atomic E-state index is 0.206. The summed E-state index contributed by atoms with van der Waals surface area (Å²) < 4.78 is 38.2. The van der Waals surface area contributed by atoms with Crippen molar-refractivity contribution in [2.45, 2.75) is 30.8 Å². The molecule has 200 valence electrons. The van der Waals surface area contributed by atoms with Crippen molar-refractivity contribution in [1.29, 1.82) is 0 Å². The quantitative estimate of drug-likeness (QED) is 0.483. The van der Waals surface area contributed by atoms with Gasteiger partial charge in [-0.1, -0.05) is 35.3 Å². The zero-order valence-corrected chi connectivity index (χ0v) is 22.6. The van der Waals surface area contributed by atoms with Gasteiger partial charge in [0.1, 0.15) is 11.9 Å². The Morgan fingerprint density at radius 2 is 1.73 bits per heavy atom. The molecular weight excluding hydrogens is 542 g/mol. The van der Waals surface area contributed by atoms with E-state index >= 15 is 0 Å². The van der Waals surface area contributed by atoms with Crippen LogP contribution in [0.15, 0.2) is 42.5 Å². The van der Waals surface area contributed by atoms with Gasteiger partial charge in [0, 0.05) is 43.7 Å². The lowest BCUT2D eigenvalue weighted by Crippen LogP contribution is -2.56. The second kappa shape index (κ2) is 11.7. The molecule has 1 heterocycles. The van der Waals surface area contributed by atoms with Crippen LogP contribution in [0.25, 0.3) is 0 Å². The molecule has 2 amide bonds. The number of carbonyl (C=O) groups excluding carboxylic acids is 2. The van der Waals surface area contributed by atoms with Gasteiger partial charge in [0.05, 0.1) is 16.3 Å². The molecule has 2 fully saturated rings. The number of amides is 2. The van der Waals surface area contributed by atoms with Gasteiger partial charge in [0.2, 0.25) is 15.9 Å². The number of carbonyl (C=O) groups is 2. The van der Waals surface area contributed by atoms with Crippen LogP contribution in [0.4, 0.5) is 4.39 Å². The van der Waals surface area contributed by atoms with Crippen molar-refractivity contribution in [3.05, 3.63) is 69.5 Å². The normalized spacial score (nSPS) is 20.9. The first-order valence-corrected chi connectivity index (χ1v) is 14.6. The molecular formula is C25H29Cl2FN4O4S. The fraction of sp³-hybridized carbons (Fsp3) is 0.440. The smallest absolute Gasteiger partial charge is 0.251 e. The van der Waals surface area contributed by atoms with Crippen molar-refractivity contribution < 1.29 is 22.4 Å². The molecule has 8 nitrogen and oxygen atoms in total. The summed E-state index contributed by atoms with van der Waals surface area (Å²) in [5, 5.41) is 6.79. The molecule has 2 aromatic rings. The van der Waals surface area contributed by atoms with E-state index in [0.29, 0.717) is 18.0 Å². The zero-order valence-electron chi connectivity index (χ0n) is 20.3. The first kappa shape index (κ1) is 27.8. The lowest BCUT2D eigenvalue weighted by molar-refractivity contribution is -0.134. The summed E-state index contributed by atoms with van der Waals surface area (Å²) in [7, 11) is -3.33. The average Bonchev–Trinajstić information content (AvgIpc) is 3.64. The average molecular weight is 572 g/mol. The van der Waals surface area contributed by atoms with E-state index in [1.807, 2.05) is 0 Å². The highest BCUT2D eigenvalue weighted by molar-refractivity contribution is 7.88. The molecule has 4 rings (SSSR count). The van der Waals surface area contributed by atoms with Crippen molar-refractivity contribution in [3.8, 4) is 0 Å². The van der Waals surface area contributed by atoms with Gasteiger partial charge in [-0.15, -0.1) is 0 Å². The second-order valence-corrected chi connectivity index (χ2v) is 12.2. The second-order valence-electron chi connectivity index (χ2n) is 9.39. The van der Waals surface area contributed by atoms with Crippen molar-refractivity contribution in [3.63, 3.8) is 0 Å². The van der Waals surface area contributed by atoms with Crippen LogP contribution in [0, 0.1) is 5.82 Å². The first-order chi connectivity index (χ1) is 17.5. The van der Waals surface area contributed by atoms with Gasteiger partial charge in [-0.25, -0.2) is 12.8 Å². The number of rotatable bonds is 9. The molecule has 0 spiro atoms. The number of nitrogens with zero attached hydrogens (tertiary/aromatic N) is 2. The van der Waals surface area contributed by atoms with Gasteiger partial charge >= 0.3 is 0 Å². The van der Waals surface area contributed by atoms with E-state index < -0.39 is 22.0 Å². The van der Waals surface area contributed by atoms with Crippen LogP contribution in [0.3, 0.4) is 0 Å². The van der Waals surface area contributed by atoms with E-state index in [2.05, 4.69) is 10.6 Å². The Kier molecular flexibility index (Phi) is 8.75. The van der Waals surface area contributed by atoms with Crippen molar-refractivity contribution in [1.82, 2.24) is 19.8 Å². The maximum Gasteiger partial charge on any atom is 0.251 e. The van der Waals surface area contributed by atoms with Gasteiger partial charge in [0.25, 0.3) is 5.91 Å². The van der Waals surface area contributed by atoms with Gasteiger partial charge in [0.15, 0.2) is 0 Å². The lowest BCUT2D eigenvalue weighted by Gasteiger charge is -2.35. The molecule has 0 radical (unpaired) electrons. The molecule has 0 aromatic heterocycles. The Bertz CT molecular complexity index is 1250. The zero-order chi connectivity index (χ0) is 26.7. The number of sulfonamides is 1. The molecule has 12 heteroatoms. The van der Waals surface area contributed by atoms with Gasteiger partial charge < -0.3 is 15.5 Å². The monoisotopic (exact) mass is 570 g/mol. The summed E-state index contributed by atoms with van der Waals surface area (Å²) in [6.45, 7) is 1.38. The summed E-state index contributed by atoms with van der Waals surface area (Å²) in [4.78, 5) is 27.9. The maximum atomic E-state index is 13.4. The van der Waals surface area contributed by atoms with E-state index in [4.69, 9.17) is 23.2 Å². The summed E-state index contributed by atoms with van der Waals surface area (Å²) in [5.41, 5.74) is 1.34. The molecule has 3 atom stereocenters. The van der Waals surface area contributed by atoms with E-state index in [0.717, 1.165) is 18.2 Å². The molecule has 2 aliphatic rings. The van der Waals surface area contributed by atoms with Crippen LogP contribution in [0.1, 0.15) is 34.7 Å². The Hall–Kier alpha value is -2.24. The predicted molar refractivity (Wildman–Crippen MR) is 141 cm³/mol. The fourth-order valence-electron chi connectivity index (χ4n) is 4.51. The van der Waals surface area contributed by atoms with Crippen LogP contribution in [0.2, 0.25) is 10.0 Å². The van der Waals surface area contributed by atoms with Crippen LogP contribution in [-0.2, 0) is 14.8 Å². The fourth-order valence-corrected chi connectivity index (χ4v) is 5.63. The first-order valence-electron chi connectivity index (χ1n) is 12.0. The number of halogens is 3. The van der Waals surface area contributed by atoms with Gasteiger partial charge in [-0.3, -0.25) is 9.59 Å². The number of hydrogen-bond acceptors (Lipinski definition) is 5. The minimum Gasteiger partial charge on any atom is -0.340 e. The summed E-state index contributed by atoms with van der Waals surface area (Å²) in [6.07, 6.45) is 2.39. The van der Waals surface area contributed by atoms with Crippen LogP contribution >= 0.6 is 23.2 Å². The SMILES string of the molecule is CS(=O)(=O)N1CCN(C(=O)[C@H](CCN[C@@H]2C[C@H]2c2ccc(F)cc2)NC(=O)c2ccc(Cl)c(Cl)c2)CC1. The van der Waals surface area contributed by atoms with Crippen molar-refractivity contribution >= 4 is 45.0 Å². The Morgan fingerprint density at radius 1 is 1.05 bits per heavy atom. The summed E-state index contributed by atoms with van der Waals surface area (Å²) in [6, 6.07) is 10.3. The molecule has 1 saturated carbocycles. The number of hydrogen-bond donors (Lipinski definition) is 2. The van der Waals surface area contributed by atoms with Crippen molar-refractivity contribution in [2.24, 2.45) is 0 Å². The van der Waals surface area contributed by atoms with Gasteiger partial charge in [-0.2, -0.15) is 4.31 Å². The third-order valence-electron chi connectivity index (χ3n) is 6.73. The largest absolute Gasteiger partial charge is 0.340 e. The highest BCUT2D eigenvalue weighted by atomic mass is 35.5. The Labute approximate surface area is 226 Å². The highest BCUT2D eigenvalue weighted by Gasteiger charge is 2.38. The number of piperazine rings is 1. The number of benzene rings is 2. The third-order valence-corrected chi connectivity index (χ3v) is 8.77. The highest BCUT2D eigenvalue weighted by Crippen LogP contribution is 2.40. The molecule has 2 aromatic carbocycles. The molecule has 37 heavy (non-hydrogen) atoms. The van der Waals surface area contributed by atoms with E-state index in [1.165, 1.54) is 34.6 Å². The van der Waals surface area contributed by atoms with Crippen LogP contribution in [-0.4, -0.2) is 80.5 Å². The van der Waals surface area contributed by atoms with Gasteiger partial charge in [-0.05, 0) is 55.3 Å². The maximum absolute atomic E-state index is 13.4. The van der Waals surface area contributed by atoms with E-state index in [9.17, 15) is 22.4 Å². The molecule has 0 unspecified atom stereocenters. The van der Waals surface area contributed by atoms with Crippen molar-refractivity contribution in [2.75, 3.05) is 39.0 Å². The van der Waals surface area contributed by atoms with Crippen LogP contribution in [0.5, 0.6) is 0 Å².